The maximum absolute atomic E-state index is 6.41. The Morgan fingerprint density at radius 1 is 0.259 bits per heavy atom. The molecule has 386 valence electrons. The monoisotopic (exact) mass is 1050 g/mol. The lowest BCUT2D eigenvalue weighted by molar-refractivity contribution is 0.619. The first kappa shape index (κ1) is 46.3. The molecule has 16 rings (SSSR count). The van der Waals surface area contributed by atoms with Crippen molar-refractivity contribution in [2.24, 2.45) is 0 Å². The first-order valence-electron chi connectivity index (χ1n) is 27.2. The van der Waals surface area contributed by atoms with Gasteiger partial charge in [0, 0.05) is 43.4 Å². The van der Waals surface area contributed by atoms with E-state index in [1.807, 2.05) is 48.5 Å². The van der Waals surface area contributed by atoms with Crippen LogP contribution in [0.5, 0.6) is 0 Å². The second kappa shape index (κ2) is 18.1. The first-order chi connectivity index (χ1) is 39.9. The molecule has 81 heavy (non-hydrogen) atoms. The molecule has 10 heteroatoms. The number of anilines is 15. The van der Waals surface area contributed by atoms with E-state index in [0.29, 0.717) is 11.8 Å². The van der Waals surface area contributed by atoms with Gasteiger partial charge in [-0.2, -0.15) is 0 Å². The van der Waals surface area contributed by atoms with Crippen LogP contribution in [0, 0.1) is 0 Å². The molecule has 0 saturated heterocycles. The molecule has 0 fully saturated rings. The van der Waals surface area contributed by atoms with E-state index < -0.39 is 0 Å². The minimum atomic E-state index is 0.568. The molecule has 0 saturated carbocycles. The van der Waals surface area contributed by atoms with Gasteiger partial charge < -0.3 is 38.2 Å². The van der Waals surface area contributed by atoms with E-state index in [1.54, 1.807) is 0 Å². The fourth-order valence-corrected chi connectivity index (χ4v) is 12.5. The Bertz CT molecular complexity index is 4190. The average molecular weight is 1050 g/mol. The zero-order valence-corrected chi connectivity index (χ0v) is 44.6. The molecule has 0 aliphatic carbocycles. The van der Waals surface area contributed by atoms with Crippen LogP contribution in [-0.2, 0) is 0 Å². The van der Waals surface area contributed by atoms with Crippen molar-refractivity contribution in [2.75, 3.05) is 50.5 Å². The predicted molar refractivity (Wildman–Crippen MR) is 332 cm³/mol. The van der Waals surface area contributed by atoms with Crippen molar-refractivity contribution in [1.82, 2.24) is 9.97 Å². The lowest BCUT2D eigenvalue weighted by Gasteiger charge is -2.47. The molecule has 10 nitrogen and oxygen atoms in total. The van der Waals surface area contributed by atoms with Crippen molar-refractivity contribution >= 4 is 108 Å². The molecule has 11 aromatic carbocycles. The van der Waals surface area contributed by atoms with Crippen LogP contribution < -0.4 is 29.4 Å². The van der Waals surface area contributed by atoms with E-state index in [1.165, 1.54) is 0 Å². The van der Waals surface area contributed by atoms with E-state index >= 15 is 0 Å². The number of oxazole rings is 2. The van der Waals surface area contributed by atoms with Gasteiger partial charge in [-0.3, -0.25) is 0 Å². The van der Waals surface area contributed by atoms with E-state index in [4.69, 9.17) is 18.8 Å². The maximum atomic E-state index is 6.41. The number of hydrogen-bond acceptors (Lipinski definition) is 10. The van der Waals surface area contributed by atoms with Gasteiger partial charge in [0.15, 0.2) is 11.2 Å². The number of aromatic nitrogens is 2. The highest BCUT2D eigenvalue weighted by atomic mass is 16.4. The van der Waals surface area contributed by atoms with Crippen molar-refractivity contribution in [1.29, 1.82) is 0 Å². The molecule has 0 spiro atoms. The minimum Gasteiger partial charge on any atom is -0.436 e. The summed E-state index contributed by atoms with van der Waals surface area (Å²) >= 11 is 0. The summed E-state index contributed by atoms with van der Waals surface area (Å²) in [7, 11) is 6.52. The van der Waals surface area contributed by atoms with Crippen LogP contribution in [0.25, 0.3) is 67.4 Å². The van der Waals surface area contributed by atoms with Gasteiger partial charge in [-0.1, -0.05) is 121 Å². The molecular formula is C71H50N8O2. The van der Waals surface area contributed by atoms with E-state index in [-0.39, 0.29) is 0 Å². The summed E-state index contributed by atoms with van der Waals surface area (Å²) in [6.45, 7) is 0. The lowest BCUT2D eigenvalue weighted by Crippen LogP contribution is -2.30. The summed E-state index contributed by atoms with van der Waals surface area (Å²) in [5.74, 6) is 1.14. The quantitative estimate of drug-likeness (QED) is 0.154. The third-order valence-electron chi connectivity index (χ3n) is 16.3. The van der Waals surface area contributed by atoms with Crippen molar-refractivity contribution in [2.45, 2.75) is 0 Å². The summed E-state index contributed by atoms with van der Waals surface area (Å²) in [5, 5.41) is 0. The van der Waals surface area contributed by atoms with E-state index in [2.05, 4.69) is 251 Å². The van der Waals surface area contributed by atoms with Gasteiger partial charge in [0.1, 0.15) is 11.0 Å². The van der Waals surface area contributed by atoms with Crippen LogP contribution in [-0.4, -0.2) is 31.1 Å². The molecule has 13 aromatic rings. The van der Waals surface area contributed by atoms with Crippen LogP contribution >= 0.6 is 0 Å². The highest BCUT2D eigenvalue weighted by Crippen LogP contribution is 2.66. The van der Waals surface area contributed by atoms with Crippen LogP contribution in [0.15, 0.2) is 258 Å². The summed E-state index contributed by atoms with van der Waals surface area (Å²) < 4.78 is 12.8. The van der Waals surface area contributed by atoms with Crippen LogP contribution in [0.2, 0.25) is 0 Å². The number of fused-ring (bicyclic) bond motifs is 8. The SMILES string of the molecule is CN1c2ccccc2N(c2c(-c3ccc(-c4nc5ccccc5o4)cc3)cc(-c3ccc(-c4nc5ccccc5o4)cc3)c(N3c4ccccc4N(C)c4ccccc43)c2N2c3ccccc3N(C)c3ccccc32)c2ccccc21. The lowest BCUT2D eigenvalue weighted by atomic mass is 9.89. The number of rotatable bonds is 7. The molecule has 0 N–H and O–H groups in total. The van der Waals surface area contributed by atoms with Crippen LogP contribution in [0.3, 0.4) is 0 Å². The molecule has 0 unspecified atom stereocenters. The highest BCUT2D eigenvalue weighted by molar-refractivity contribution is 6.17. The average Bonchev–Trinajstić information content (AvgIpc) is 2.59. The topological polar surface area (TPSA) is 71.5 Å². The molecule has 2 aromatic heterocycles. The predicted octanol–water partition coefficient (Wildman–Crippen LogP) is 19.3. The molecule has 0 bridgehead atoms. The van der Waals surface area contributed by atoms with Crippen molar-refractivity contribution < 1.29 is 8.83 Å². The summed E-state index contributed by atoms with van der Waals surface area (Å²) in [6, 6.07) is 88.5. The molecular weight excluding hydrogens is 997 g/mol. The molecule has 0 radical (unpaired) electrons. The zero-order valence-electron chi connectivity index (χ0n) is 44.6. The number of hydrogen-bond donors (Lipinski definition) is 0. The minimum absolute atomic E-state index is 0.568. The van der Waals surface area contributed by atoms with E-state index in [9.17, 15) is 0 Å². The second-order valence-electron chi connectivity index (χ2n) is 20.8. The summed E-state index contributed by atoms with van der Waals surface area (Å²) in [6.07, 6.45) is 0. The van der Waals surface area contributed by atoms with Crippen molar-refractivity contribution in [3.05, 3.63) is 249 Å². The fraction of sp³-hybridized carbons (Fsp3) is 0.0423. The Kier molecular flexibility index (Phi) is 10.4. The first-order valence-corrected chi connectivity index (χ1v) is 27.2. The van der Waals surface area contributed by atoms with Gasteiger partial charge >= 0.3 is 0 Å². The Morgan fingerprint density at radius 3 is 0.802 bits per heavy atom. The van der Waals surface area contributed by atoms with Gasteiger partial charge in [0.2, 0.25) is 11.8 Å². The number of para-hydroxylation sites is 16. The normalized spacial score (nSPS) is 13.2. The number of nitrogens with zero attached hydrogens (tertiary/aromatic N) is 8. The van der Waals surface area contributed by atoms with Crippen LogP contribution in [0.4, 0.5) is 85.3 Å². The third kappa shape index (κ3) is 7.13. The highest BCUT2D eigenvalue weighted by Gasteiger charge is 2.41. The fourth-order valence-electron chi connectivity index (χ4n) is 12.5. The largest absolute Gasteiger partial charge is 0.436 e. The number of benzene rings is 11. The van der Waals surface area contributed by atoms with E-state index in [0.717, 1.165) is 141 Å². The molecule has 3 aliphatic rings. The van der Waals surface area contributed by atoms with Gasteiger partial charge in [-0.25, -0.2) is 9.97 Å². The van der Waals surface area contributed by atoms with Gasteiger partial charge in [0.05, 0.1) is 85.3 Å². The smallest absolute Gasteiger partial charge is 0.227 e. The van der Waals surface area contributed by atoms with Gasteiger partial charge in [-0.15, -0.1) is 0 Å². The Morgan fingerprint density at radius 2 is 0.506 bits per heavy atom. The van der Waals surface area contributed by atoms with Crippen molar-refractivity contribution in [3.63, 3.8) is 0 Å². The molecule has 0 atom stereocenters. The Balaban J connectivity index is 1.09. The summed E-state index contributed by atoms with van der Waals surface area (Å²) in [4.78, 5) is 24.4. The van der Waals surface area contributed by atoms with Gasteiger partial charge in [0.25, 0.3) is 0 Å². The third-order valence-corrected chi connectivity index (χ3v) is 16.3. The molecule has 5 heterocycles. The molecule has 3 aliphatic heterocycles. The Hall–Kier alpha value is -10.8. The Labute approximate surface area is 468 Å². The maximum Gasteiger partial charge on any atom is 0.227 e. The standard InChI is InChI=1S/C71H50N8O2/c1-74-53-22-6-12-28-59(53)77(60-29-13-7-23-54(60)74)67-49(45-36-40-47(41-37-45)70-72-51-20-4-18-34-65(51)80-70)44-50(46-38-42-48(43-39-46)71-73-52-21-5-19-35-66(52)81-71)68(78-61-30-14-8-24-55(61)75(2)56-25-9-15-31-62(56)78)69(67)79-63-32-16-10-26-57(63)76(3)58-27-11-17-33-64(58)79/h4-44H,1-3H3. The zero-order chi connectivity index (χ0) is 53.9. The summed E-state index contributed by atoms with van der Waals surface area (Å²) in [5.41, 5.74) is 24.6. The van der Waals surface area contributed by atoms with Crippen LogP contribution in [0.1, 0.15) is 0 Å². The second-order valence-corrected chi connectivity index (χ2v) is 20.8. The van der Waals surface area contributed by atoms with Gasteiger partial charge in [-0.05, 0) is 139 Å². The van der Waals surface area contributed by atoms with Crippen molar-refractivity contribution in [3.8, 4) is 45.2 Å². The molecule has 0 amide bonds.